The Labute approximate surface area is 153 Å². The lowest BCUT2D eigenvalue weighted by Gasteiger charge is -2.42. The van der Waals surface area contributed by atoms with Gasteiger partial charge in [0.25, 0.3) is 0 Å². The van der Waals surface area contributed by atoms with Gasteiger partial charge in [-0.25, -0.2) is 0 Å². The molecule has 3 aliphatic rings. The zero-order valence-electron chi connectivity index (χ0n) is 14.3. The van der Waals surface area contributed by atoms with Gasteiger partial charge in [0.05, 0.1) is 0 Å². The van der Waals surface area contributed by atoms with E-state index in [-0.39, 0.29) is 0 Å². The van der Waals surface area contributed by atoms with Gasteiger partial charge < -0.3 is 4.98 Å². The Hall–Kier alpha value is -1.77. The molecule has 1 fully saturated rings. The van der Waals surface area contributed by atoms with Gasteiger partial charge in [0.2, 0.25) is 0 Å². The maximum absolute atomic E-state index is 6.13. The van der Waals surface area contributed by atoms with Crippen LogP contribution in [0.4, 0.5) is 0 Å². The summed E-state index contributed by atoms with van der Waals surface area (Å²) in [4.78, 5) is 6.29. The minimum atomic E-state index is 0.660. The van der Waals surface area contributed by atoms with Crippen LogP contribution in [-0.2, 0) is 19.4 Å². The molecule has 2 aliphatic heterocycles. The molecule has 0 unspecified atom stereocenters. The smallest absolute Gasteiger partial charge is 0.0457 e. The van der Waals surface area contributed by atoms with E-state index in [0.29, 0.717) is 6.04 Å². The second kappa shape index (κ2) is 6.19. The summed E-state index contributed by atoms with van der Waals surface area (Å²) in [5.41, 5.74) is 5.63. The fourth-order valence-corrected chi connectivity index (χ4v) is 4.94. The van der Waals surface area contributed by atoms with E-state index in [2.05, 4.69) is 46.3 Å². The Kier molecular flexibility index (Phi) is 3.83. The van der Waals surface area contributed by atoms with E-state index in [4.69, 9.17) is 11.6 Å². The molecule has 2 atom stereocenters. The Morgan fingerprint density at radius 2 is 1.84 bits per heavy atom. The monoisotopic (exact) mass is 350 g/mol. The minimum Gasteiger partial charge on any atom is -0.357 e. The van der Waals surface area contributed by atoms with Crippen molar-refractivity contribution in [2.75, 3.05) is 6.54 Å². The van der Waals surface area contributed by atoms with E-state index in [1.165, 1.54) is 48.8 Å². The van der Waals surface area contributed by atoms with Crippen molar-refractivity contribution in [2.24, 2.45) is 5.92 Å². The Morgan fingerprint density at radius 3 is 2.72 bits per heavy atom. The number of rotatable bonds is 2. The van der Waals surface area contributed by atoms with Gasteiger partial charge in [-0.2, -0.15) is 0 Å². The molecule has 0 radical (unpaired) electrons. The van der Waals surface area contributed by atoms with E-state index < -0.39 is 0 Å². The number of H-pyrrole nitrogens is 1. The van der Waals surface area contributed by atoms with E-state index in [0.717, 1.165) is 17.5 Å². The SMILES string of the molecule is Clc1ccc2[nH]c(CN3C[C@H]4CC[C@@H]3Cc3ccccc3C4)cc2c1. The van der Waals surface area contributed by atoms with Crippen molar-refractivity contribution in [3.05, 3.63) is 70.4 Å². The summed E-state index contributed by atoms with van der Waals surface area (Å²) in [7, 11) is 0. The van der Waals surface area contributed by atoms with E-state index >= 15 is 0 Å². The van der Waals surface area contributed by atoms with Crippen LogP contribution in [0, 0.1) is 5.92 Å². The number of aromatic amines is 1. The van der Waals surface area contributed by atoms with Crippen LogP contribution in [-0.4, -0.2) is 22.5 Å². The average molecular weight is 351 g/mol. The van der Waals surface area contributed by atoms with Crippen LogP contribution in [0.15, 0.2) is 48.5 Å². The summed E-state index contributed by atoms with van der Waals surface area (Å²) < 4.78 is 0. The molecule has 25 heavy (non-hydrogen) atoms. The largest absolute Gasteiger partial charge is 0.357 e. The first-order valence-corrected chi connectivity index (χ1v) is 9.70. The molecule has 2 aromatic carbocycles. The molecule has 1 saturated heterocycles. The zero-order chi connectivity index (χ0) is 16.8. The molecule has 1 aromatic heterocycles. The molecule has 3 aromatic rings. The third-order valence-electron chi connectivity index (χ3n) is 6.01. The summed E-state index contributed by atoms with van der Waals surface area (Å²) >= 11 is 6.13. The van der Waals surface area contributed by atoms with Gasteiger partial charge in [-0.1, -0.05) is 35.9 Å². The van der Waals surface area contributed by atoms with Crippen molar-refractivity contribution in [1.82, 2.24) is 9.88 Å². The van der Waals surface area contributed by atoms with E-state index in [9.17, 15) is 0 Å². The molecule has 6 rings (SSSR count). The van der Waals surface area contributed by atoms with Crippen LogP contribution in [0.2, 0.25) is 5.02 Å². The molecule has 2 nitrogen and oxygen atoms in total. The fourth-order valence-electron chi connectivity index (χ4n) is 4.76. The lowest BCUT2D eigenvalue weighted by Crippen LogP contribution is -2.46. The van der Waals surface area contributed by atoms with Crippen LogP contribution in [0.25, 0.3) is 10.9 Å². The van der Waals surface area contributed by atoms with Crippen LogP contribution in [0.3, 0.4) is 0 Å². The number of piperidine rings is 1. The standard InChI is InChI=1S/C22H23ClN2/c23-19-6-8-22-18(10-19)11-20(24-22)14-25-13-15-5-7-21(25)12-17-4-2-1-3-16(17)9-15/h1-4,6,8,10-11,15,21,24H,5,7,9,12-14H2/t15-,21+/m0/s1. The zero-order valence-corrected chi connectivity index (χ0v) is 15.1. The van der Waals surface area contributed by atoms with Crippen LogP contribution >= 0.6 is 11.6 Å². The third-order valence-corrected chi connectivity index (χ3v) is 6.25. The van der Waals surface area contributed by atoms with Crippen LogP contribution < -0.4 is 0 Å². The van der Waals surface area contributed by atoms with Crippen molar-refractivity contribution in [2.45, 2.75) is 38.3 Å². The Bertz CT molecular complexity index is 913. The summed E-state index contributed by atoms with van der Waals surface area (Å²) in [5.74, 6) is 0.788. The predicted molar refractivity (Wildman–Crippen MR) is 104 cm³/mol. The lowest BCUT2D eigenvalue weighted by molar-refractivity contribution is 0.0928. The van der Waals surface area contributed by atoms with Crippen LogP contribution in [0.5, 0.6) is 0 Å². The number of nitrogens with one attached hydrogen (secondary N) is 1. The maximum Gasteiger partial charge on any atom is 0.0457 e. The van der Waals surface area contributed by atoms with Crippen LogP contribution in [0.1, 0.15) is 29.7 Å². The molecular weight excluding hydrogens is 328 g/mol. The first kappa shape index (κ1) is 15.5. The van der Waals surface area contributed by atoms with Gasteiger partial charge in [-0.05, 0) is 67.0 Å². The number of fused-ring (bicyclic) bond motifs is 3. The second-order valence-corrected chi connectivity index (χ2v) is 8.17. The van der Waals surface area contributed by atoms with Gasteiger partial charge in [0.15, 0.2) is 0 Å². The highest BCUT2D eigenvalue weighted by molar-refractivity contribution is 6.31. The van der Waals surface area contributed by atoms with Gasteiger partial charge in [-0.3, -0.25) is 4.90 Å². The quantitative estimate of drug-likeness (QED) is 0.673. The molecule has 0 saturated carbocycles. The molecule has 0 spiro atoms. The molecule has 3 heteroatoms. The normalized spacial score (nSPS) is 23.4. The number of hydrogen-bond donors (Lipinski definition) is 1. The van der Waals surface area contributed by atoms with E-state index in [1.54, 1.807) is 11.1 Å². The maximum atomic E-state index is 6.13. The van der Waals surface area contributed by atoms with Crippen molar-refractivity contribution in [1.29, 1.82) is 0 Å². The second-order valence-electron chi connectivity index (χ2n) is 7.73. The highest BCUT2D eigenvalue weighted by Crippen LogP contribution is 2.33. The highest BCUT2D eigenvalue weighted by atomic mass is 35.5. The summed E-state index contributed by atoms with van der Waals surface area (Å²) in [6.45, 7) is 2.23. The summed E-state index contributed by atoms with van der Waals surface area (Å²) in [5, 5.41) is 2.02. The molecular formula is C22H23ClN2. The van der Waals surface area contributed by atoms with Crippen molar-refractivity contribution >= 4 is 22.5 Å². The van der Waals surface area contributed by atoms with Crippen molar-refractivity contribution in [3.8, 4) is 0 Å². The molecule has 3 heterocycles. The lowest BCUT2D eigenvalue weighted by atomic mass is 9.80. The van der Waals surface area contributed by atoms with Gasteiger partial charge in [0, 0.05) is 40.8 Å². The first-order valence-electron chi connectivity index (χ1n) is 9.32. The highest BCUT2D eigenvalue weighted by Gasteiger charge is 2.31. The average Bonchev–Trinajstić information content (AvgIpc) is 2.97. The van der Waals surface area contributed by atoms with Crippen molar-refractivity contribution < 1.29 is 0 Å². The van der Waals surface area contributed by atoms with Gasteiger partial charge in [0.1, 0.15) is 0 Å². The molecule has 1 N–H and O–H groups in total. The van der Waals surface area contributed by atoms with E-state index in [1.807, 2.05) is 12.1 Å². The molecule has 1 aliphatic carbocycles. The predicted octanol–water partition coefficient (Wildman–Crippen LogP) is 5.20. The summed E-state index contributed by atoms with van der Waals surface area (Å²) in [6.07, 6.45) is 5.12. The number of benzene rings is 2. The summed E-state index contributed by atoms with van der Waals surface area (Å²) in [6, 6.07) is 18.1. The fraction of sp³-hybridized carbons (Fsp3) is 0.364. The minimum absolute atomic E-state index is 0.660. The van der Waals surface area contributed by atoms with Crippen molar-refractivity contribution in [3.63, 3.8) is 0 Å². The number of aromatic nitrogens is 1. The number of hydrogen-bond acceptors (Lipinski definition) is 1. The molecule has 0 amide bonds. The number of nitrogens with zero attached hydrogens (tertiary/aromatic N) is 1. The topological polar surface area (TPSA) is 19.0 Å². The Balaban J connectivity index is 1.42. The Morgan fingerprint density at radius 1 is 1.00 bits per heavy atom. The van der Waals surface area contributed by atoms with Gasteiger partial charge >= 0.3 is 0 Å². The molecule has 2 bridgehead atoms. The first-order chi connectivity index (χ1) is 12.2. The number of halogens is 1. The molecule has 128 valence electrons. The van der Waals surface area contributed by atoms with Gasteiger partial charge in [-0.15, -0.1) is 0 Å². The third kappa shape index (κ3) is 2.98.